The average Bonchev–Trinajstić information content (AvgIpc) is 3.09. The molecule has 0 radical (unpaired) electrons. The molecule has 26 heavy (non-hydrogen) atoms. The summed E-state index contributed by atoms with van der Waals surface area (Å²) in [6.07, 6.45) is 1.06. The van der Waals surface area contributed by atoms with Gasteiger partial charge in [-0.15, -0.1) is 0 Å². The van der Waals surface area contributed by atoms with Gasteiger partial charge in [0.25, 0.3) is 0 Å². The lowest BCUT2D eigenvalue weighted by Crippen LogP contribution is -2.50. The van der Waals surface area contributed by atoms with Crippen molar-refractivity contribution in [3.63, 3.8) is 0 Å². The number of hydrogen-bond donors (Lipinski definition) is 1. The van der Waals surface area contributed by atoms with E-state index < -0.39 is 0 Å². The second-order valence-corrected chi connectivity index (χ2v) is 7.18. The van der Waals surface area contributed by atoms with Crippen LogP contribution in [-0.4, -0.2) is 87.3 Å². The van der Waals surface area contributed by atoms with E-state index in [1.165, 1.54) is 5.56 Å². The number of amides is 1. The maximum Gasteiger partial charge on any atom is 0.236 e. The number of fused-ring (bicyclic) bond motifs is 1. The Morgan fingerprint density at radius 2 is 1.92 bits per heavy atom. The van der Waals surface area contributed by atoms with Gasteiger partial charge in [0.05, 0.1) is 6.54 Å². The summed E-state index contributed by atoms with van der Waals surface area (Å²) >= 11 is 0. The summed E-state index contributed by atoms with van der Waals surface area (Å²) in [6, 6.07) is 6.11. The van der Waals surface area contributed by atoms with Gasteiger partial charge in [-0.1, -0.05) is 6.07 Å². The Hall–Kier alpha value is -1.83. The summed E-state index contributed by atoms with van der Waals surface area (Å²) < 4.78 is 10.8. The first-order valence-corrected chi connectivity index (χ1v) is 9.36. The number of nitrogens with one attached hydrogen (secondary N) is 1. The van der Waals surface area contributed by atoms with E-state index in [1.807, 2.05) is 11.0 Å². The number of ether oxygens (including phenoxy) is 2. The van der Waals surface area contributed by atoms with E-state index in [9.17, 15) is 4.79 Å². The zero-order valence-corrected chi connectivity index (χ0v) is 15.9. The van der Waals surface area contributed by atoms with Crippen molar-refractivity contribution in [2.75, 3.05) is 66.7 Å². The highest BCUT2D eigenvalue weighted by Gasteiger charge is 2.21. The Morgan fingerprint density at radius 1 is 1.15 bits per heavy atom. The van der Waals surface area contributed by atoms with Crippen molar-refractivity contribution >= 4 is 5.91 Å². The second kappa shape index (κ2) is 9.21. The van der Waals surface area contributed by atoms with E-state index in [0.717, 1.165) is 63.7 Å². The van der Waals surface area contributed by atoms with Crippen LogP contribution in [0.4, 0.5) is 0 Å². The molecule has 0 spiro atoms. The molecule has 2 aliphatic rings. The molecule has 2 aliphatic heterocycles. The number of rotatable bonds is 8. The van der Waals surface area contributed by atoms with Gasteiger partial charge in [-0.3, -0.25) is 9.69 Å². The minimum Gasteiger partial charge on any atom is -0.454 e. The first-order chi connectivity index (χ1) is 12.6. The fraction of sp³-hybridized carbons (Fsp3) is 0.632. The molecule has 1 fully saturated rings. The Bertz CT molecular complexity index is 600. The van der Waals surface area contributed by atoms with E-state index in [1.54, 1.807) is 0 Å². The van der Waals surface area contributed by atoms with Crippen molar-refractivity contribution < 1.29 is 14.3 Å². The molecule has 0 saturated carbocycles. The monoisotopic (exact) mass is 362 g/mol. The first kappa shape index (κ1) is 18.9. The molecule has 1 saturated heterocycles. The molecule has 1 N–H and O–H groups in total. The summed E-state index contributed by atoms with van der Waals surface area (Å²) in [5.41, 5.74) is 1.22. The minimum absolute atomic E-state index is 0.206. The lowest BCUT2D eigenvalue weighted by molar-refractivity contribution is -0.132. The zero-order valence-electron chi connectivity index (χ0n) is 15.9. The molecule has 0 aliphatic carbocycles. The summed E-state index contributed by atoms with van der Waals surface area (Å²) in [6.45, 7) is 6.95. The minimum atomic E-state index is 0.206. The largest absolute Gasteiger partial charge is 0.454 e. The van der Waals surface area contributed by atoms with Crippen molar-refractivity contribution in [2.24, 2.45) is 0 Å². The highest BCUT2D eigenvalue weighted by Crippen LogP contribution is 2.32. The van der Waals surface area contributed by atoms with E-state index in [-0.39, 0.29) is 5.91 Å². The number of carbonyl (C=O) groups is 1. The van der Waals surface area contributed by atoms with Crippen molar-refractivity contribution in [3.05, 3.63) is 23.8 Å². The van der Waals surface area contributed by atoms with E-state index >= 15 is 0 Å². The van der Waals surface area contributed by atoms with Crippen LogP contribution >= 0.6 is 0 Å². The van der Waals surface area contributed by atoms with Gasteiger partial charge in [-0.25, -0.2) is 0 Å². The number of carbonyl (C=O) groups excluding carboxylic acids is 1. The summed E-state index contributed by atoms with van der Waals surface area (Å²) in [5, 5.41) is 3.26. The Balaban J connectivity index is 1.35. The zero-order chi connectivity index (χ0) is 18.4. The van der Waals surface area contributed by atoms with Crippen LogP contribution < -0.4 is 14.8 Å². The molecular formula is C19H30N4O3. The van der Waals surface area contributed by atoms with Crippen molar-refractivity contribution in [1.82, 2.24) is 20.0 Å². The van der Waals surface area contributed by atoms with Crippen LogP contribution in [0.1, 0.15) is 12.0 Å². The maximum absolute atomic E-state index is 12.3. The van der Waals surface area contributed by atoms with Crippen LogP contribution in [0, 0.1) is 0 Å². The fourth-order valence-corrected chi connectivity index (χ4v) is 3.28. The molecule has 144 valence electrons. The maximum atomic E-state index is 12.3. The molecule has 0 bridgehead atoms. The quantitative estimate of drug-likeness (QED) is 0.684. The van der Waals surface area contributed by atoms with Gasteiger partial charge in [-0.05, 0) is 51.3 Å². The standard InChI is InChI=1S/C19H30N4O3/c1-21(2)7-3-6-20-13-19(24)23-10-8-22(9-11-23)14-16-4-5-17-18(12-16)26-15-25-17/h4-5,12,20H,3,6-11,13-15H2,1-2H3. The number of hydrogen-bond acceptors (Lipinski definition) is 6. The number of nitrogens with zero attached hydrogens (tertiary/aromatic N) is 3. The van der Waals surface area contributed by atoms with Crippen LogP contribution in [-0.2, 0) is 11.3 Å². The summed E-state index contributed by atoms with van der Waals surface area (Å²) in [4.78, 5) is 18.8. The van der Waals surface area contributed by atoms with Crippen molar-refractivity contribution in [1.29, 1.82) is 0 Å². The van der Waals surface area contributed by atoms with Gasteiger partial charge in [0.1, 0.15) is 0 Å². The third-order valence-corrected chi connectivity index (χ3v) is 4.80. The first-order valence-electron chi connectivity index (χ1n) is 9.36. The Morgan fingerprint density at radius 3 is 2.69 bits per heavy atom. The number of piperazine rings is 1. The SMILES string of the molecule is CN(C)CCCNCC(=O)N1CCN(Cc2ccc3c(c2)OCO3)CC1. The van der Waals surface area contributed by atoms with E-state index in [2.05, 4.69) is 41.3 Å². The highest BCUT2D eigenvalue weighted by molar-refractivity contribution is 5.78. The third-order valence-electron chi connectivity index (χ3n) is 4.80. The second-order valence-electron chi connectivity index (χ2n) is 7.18. The molecule has 1 aromatic rings. The van der Waals surface area contributed by atoms with Crippen molar-refractivity contribution in [3.8, 4) is 11.5 Å². The molecule has 1 amide bonds. The molecule has 3 rings (SSSR count). The third kappa shape index (κ3) is 5.33. The molecule has 2 heterocycles. The van der Waals surface area contributed by atoms with Gasteiger partial charge in [0.2, 0.25) is 12.7 Å². The Kier molecular flexibility index (Phi) is 6.71. The van der Waals surface area contributed by atoms with Crippen molar-refractivity contribution in [2.45, 2.75) is 13.0 Å². The van der Waals surface area contributed by atoms with Crippen LogP contribution in [0.15, 0.2) is 18.2 Å². The summed E-state index contributed by atoms with van der Waals surface area (Å²) in [7, 11) is 4.13. The lowest BCUT2D eigenvalue weighted by Gasteiger charge is -2.34. The predicted molar refractivity (Wildman–Crippen MR) is 100 cm³/mol. The molecule has 7 nitrogen and oxygen atoms in total. The topological polar surface area (TPSA) is 57.3 Å². The van der Waals surface area contributed by atoms with Gasteiger partial charge < -0.3 is 24.6 Å². The molecule has 1 aromatic carbocycles. The Labute approximate surface area is 155 Å². The van der Waals surface area contributed by atoms with Gasteiger partial charge in [0.15, 0.2) is 11.5 Å². The van der Waals surface area contributed by atoms with Gasteiger partial charge in [-0.2, -0.15) is 0 Å². The van der Waals surface area contributed by atoms with E-state index in [4.69, 9.17) is 9.47 Å². The van der Waals surface area contributed by atoms with Crippen LogP contribution in [0.25, 0.3) is 0 Å². The fourth-order valence-electron chi connectivity index (χ4n) is 3.28. The van der Waals surface area contributed by atoms with E-state index in [0.29, 0.717) is 13.3 Å². The predicted octanol–water partition coefficient (Wildman–Crippen LogP) is 0.601. The van der Waals surface area contributed by atoms with Gasteiger partial charge >= 0.3 is 0 Å². The van der Waals surface area contributed by atoms with Crippen LogP contribution in [0.5, 0.6) is 11.5 Å². The van der Waals surface area contributed by atoms with Gasteiger partial charge in [0, 0.05) is 32.7 Å². The summed E-state index contributed by atoms with van der Waals surface area (Å²) in [5.74, 6) is 1.86. The average molecular weight is 362 g/mol. The molecule has 0 atom stereocenters. The highest BCUT2D eigenvalue weighted by atomic mass is 16.7. The van der Waals surface area contributed by atoms with Crippen LogP contribution in [0.3, 0.4) is 0 Å². The molecular weight excluding hydrogens is 332 g/mol. The smallest absolute Gasteiger partial charge is 0.236 e. The normalized spacial score (nSPS) is 17.1. The number of benzene rings is 1. The molecule has 7 heteroatoms. The lowest BCUT2D eigenvalue weighted by atomic mass is 10.1. The van der Waals surface area contributed by atoms with Crippen LogP contribution in [0.2, 0.25) is 0 Å². The molecule has 0 unspecified atom stereocenters. The molecule has 0 aromatic heterocycles.